The van der Waals surface area contributed by atoms with Gasteiger partial charge in [-0.2, -0.15) is 0 Å². The minimum absolute atomic E-state index is 0.00814. The lowest BCUT2D eigenvalue weighted by molar-refractivity contribution is 0.302. The molecule has 3 nitrogen and oxygen atoms in total. The zero-order valence-corrected chi connectivity index (χ0v) is 11.6. The van der Waals surface area contributed by atoms with Crippen LogP contribution in [0.25, 0.3) is 0 Å². The van der Waals surface area contributed by atoms with E-state index in [1.807, 2.05) is 6.07 Å². The summed E-state index contributed by atoms with van der Waals surface area (Å²) in [5.41, 5.74) is 6.92. The maximum atomic E-state index is 13.1. The largest absolute Gasteiger partial charge is 0.488 e. The molecular formula is C14H12BrFN2O. The van der Waals surface area contributed by atoms with Crippen molar-refractivity contribution >= 4 is 21.8 Å². The molecule has 98 valence electrons. The predicted molar refractivity (Wildman–Crippen MR) is 75.9 cm³/mol. The third-order valence-electron chi connectivity index (χ3n) is 2.53. The summed E-state index contributed by atoms with van der Waals surface area (Å²) < 4.78 is 19.3. The van der Waals surface area contributed by atoms with Gasteiger partial charge in [0.2, 0.25) is 0 Å². The van der Waals surface area contributed by atoms with Gasteiger partial charge >= 0.3 is 0 Å². The molecule has 0 aromatic heterocycles. The summed E-state index contributed by atoms with van der Waals surface area (Å²) in [4.78, 5) is 0. The van der Waals surface area contributed by atoms with Crippen molar-refractivity contribution in [1.29, 1.82) is 5.41 Å². The Bertz CT molecular complexity index is 616. The van der Waals surface area contributed by atoms with Crippen LogP contribution in [0.15, 0.2) is 46.9 Å². The standard InChI is InChI=1S/C14H12BrFN2O/c15-12-5-4-11(16)7-13(12)19-8-9-2-1-3-10(6-9)14(17)18/h1-7H,8H2,(H3,17,18). The second-order valence-electron chi connectivity index (χ2n) is 3.98. The van der Waals surface area contributed by atoms with E-state index < -0.39 is 0 Å². The molecule has 0 spiro atoms. The number of hydrogen-bond acceptors (Lipinski definition) is 2. The first kappa shape index (κ1) is 13.5. The number of rotatable bonds is 4. The van der Waals surface area contributed by atoms with Gasteiger partial charge in [0.05, 0.1) is 4.47 Å². The van der Waals surface area contributed by atoms with E-state index >= 15 is 0 Å². The second-order valence-corrected chi connectivity index (χ2v) is 4.83. The molecule has 0 aliphatic rings. The maximum Gasteiger partial charge on any atom is 0.136 e. The van der Waals surface area contributed by atoms with Gasteiger partial charge in [-0.05, 0) is 39.7 Å². The zero-order valence-electron chi connectivity index (χ0n) is 9.99. The van der Waals surface area contributed by atoms with Crippen LogP contribution < -0.4 is 10.5 Å². The fourth-order valence-electron chi connectivity index (χ4n) is 1.58. The molecule has 0 radical (unpaired) electrons. The van der Waals surface area contributed by atoms with Crippen molar-refractivity contribution in [3.8, 4) is 5.75 Å². The van der Waals surface area contributed by atoms with Crippen molar-refractivity contribution < 1.29 is 9.13 Å². The molecule has 0 unspecified atom stereocenters. The lowest BCUT2D eigenvalue weighted by Gasteiger charge is -2.09. The van der Waals surface area contributed by atoms with Crippen LogP contribution >= 0.6 is 15.9 Å². The van der Waals surface area contributed by atoms with Crippen LogP contribution in [-0.4, -0.2) is 5.84 Å². The summed E-state index contributed by atoms with van der Waals surface area (Å²) in [6.45, 7) is 0.281. The van der Waals surface area contributed by atoms with Crippen molar-refractivity contribution in [2.45, 2.75) is 6.61 Å². The van der Waals surface area contributed by atoms with Gasteiger partial charge in [-0.25, -0.2) is 4.39 Å². The zero-order chi connectivity index (χ0) is 13.8. The SMILES string of the molecule is N=C(N)c1cccc(COc2cc(F)ccc2Br)c1. The van der Waals surface area contributed by atoms with Crippen molar-refractivity contribution in [2.24, 2.45) is 5.73 Å². The minimum Gasteiger partial charge on any atom is -0.488 e. The highest BCUT2D eigenvalue weighted by molar-refractivity contribution is 9.10. The van der Waals surface area contributed by atoms with Gasteiger partial charge in [0, 0.05) is 11.6 Å². The fourth-order valence-corrected chi connectivity index (χ4v) is 1.94. The lowest BCUT2D eigenvalue weighted by Crippen LogP contribution is -2.11. The van der Waals surface area contributed by atoms with Crippen molar-refractivity contribution in [1.82, 2.24) is 0 Å². The molecule has 0 aliphatic carbocycles. The van der Waals surface area contributed by atoms with Gasteiger partial charge in [-0.15, -0.1) is 0 Å². The monoisotopic (exact) mass is 322 g/mol. The molecule has 0 atom stereocenters. The van der Waals surface area contributed by atoms with E-state index in [9.17, 15) is 4.39 Å². The van der Waals surface area contributed by atoms with Crippen LogP contribution in [0.5, 0.6) is 5.75 Å². The number of ether oxygens (including phenoxy) is 1. The molecule has 19 heavy (non-hydrogen) atoms. The molecule has 0 fully saturated rings. The van der Waals surface area contributed by atoms with Gasteiger partial charge in [0.25, 0.3) is 0 Å². The first-order chi connectivity index (χ1) is 9.06. The lowest BCUT2D eigenvalue weighted by atomic mass is 10.1. The molecule has 3 N–H and O–H groups in total. The Labute approximate surface area is 118 Å². The number of amidine groups is 1. The summed E-state index contributed by atoms with van der Waals surface area (Å²) >= 11 is 3.30. The van der Waals surface area contributed by atoms with Crippen molar-refractivity contribution in [3.05, 3.63) is 63.9 Å². The van der Waals surface area contributed by atoms with E-state index in [1.165, 1.54) is 12.1 Å². The van der Waals surface area contributed by atoms with Crippen molar-refractivity contribution in [3.63, 3.8) is 0 Å². The minimum atomic E-state index is -0.351. The summed E-state index contributed by atoms with van der Waals surface area (Å²) in [6, 6.07) is 11.5. The molecule has 2 aromatic carbocycles. The van der Waals surface area contributed by atoms with Gasteiger partial charge in [0.15, 0.2) is 0 Å². The van der Waals surface area contributed by atoms with E-state index in [0.29, 0.717) is 15.8 Å². The summed E-state index contributed by atoms with van der Waals surface area (Å²) in [5, 5.41) is 7.37. The Morgan fingerprint density at radius 1 is 1.26 bits per heavy atom. The third-order valence-corrected chi connectivity index (χ3v) is 3.18. The summed E-state index contributed by atoms with van der Waals surface area (Å²) in [6.07, 6.45) is 0. The van der Waals surface area contributed by atoms with Gasteiger partial charge in [0.1, 0.15) is 24.0 Å². The van der Waals surface area contributed by atoms with E-state index in [0.717, 1.165) is 5.56 Å². The van der Waals surface area contributed by atoms with E-state index in [-0.39, 0.29) is 18.3 Å². The van der Waals surface area contributed by atoms with Gasteiger partial charge in [-0.1, -0.05) is 18.2 Å². The smallest absolute Gasteiger partial charge is 0.136 e. The molecule has 0 heterocycles. The van der Waals surface area contributed by atoms with E-state index in [1.54, 1.807) is 24.3 Å². The van der Waals surface area contributed by atoms with Crippen molar-refractivity contribution in [2.75, 3.05) is 0 Å². The Morgan fingerprint density at radius 3 is 2.79 bits per heavy atom. The van der Waals surface area contributed by atoms with E-state index in [4.69, 9.17) is 15.9 Å². The molecule has 0 saturated carbocycles. The number of nitrogens with one attached hydrogen (secondary N) is 1. The molecular weight excluding hydrogens is 311 g/mol. The highest BCUT2D eigenvalue weighted by atomic mass is 79.9. The maximum absolute atomic E-state index is 13.1. The molecule has 0 aliphatic heterocycles. The average Bonchev–Trinajstić information content (AvgIpc) is 2.40. The quantitative estimate of drug-likeness (QED) is 0.669. The fraction of sp³-hybridized carbons (Fsp3) is 0.0714. The number of nitrogens with two attached hydrogens (primary N) is 1. The van der Waals surface area contributed by atoms with E-state index in [2.05, 4.69) is 15.9 Å². The Balaban J connectivity index is 2.12. The molecule has 0 saturated heterocycles. The highest BCUT2D eigenvalue weighted by Crippen LogP contribution is 2.26. The first-order valence-electron chi connectivity index (χ1n) is 5.57. The van der Waals surface area contributed by atoms with Gasteiger partial charge < -0.3 is 10.5 Å². The molecule has 0 amide bonds. The number of halogens is 2. The Hall–Kier alpha value is -1.88. The number of benzene rings is 2. The van der Waals surface area contributed by atoms with Gasteiger partial charge in [-0.3, -0.25) is 5.41 Å². The molecule has 2 aromatic rings. The average molecular weight is 323 g/mol. The Morgan fingerprint density at radius 2 is 2.05 bits per heavy atom. The second kappa shape index (κ2) is 5.84. The van der Waals surface area contributed by atoms with Crippen LogP contribution in [0.1, 0.15) is 11.1 Å². The molecule has 0 bridgehead atoms. The highest BCUT2D eigenvalue weighted by Gasteiger charge is 2.04. The summed E-state index contributed by atoms with van der Waals surface area (Å²) in [7, 11) is 0. The number of hydrogen-bond donors (Lipinski definition) is 2. The Kier molecular flexibility index (Phi) is 4.16. The van der Waals surface area contributed by atoms with Crippen LogP contribution in [-0.2, 0) is 6.61 Å². The normalized spacial score (nSPS) is 10.2. The third kappa shape index (κ3) is 3.54. The number of nitrogen functional groups attached to an aromatic ring is 1. The molecule has 2 rings (SSSR count). The van der Waals surface area contributed by atoms with Crippen LogP contribution in [0.4, 0.5) is 4.39 Å². The van der Waals surface area contributed by atoms with Crippen LogP contribution in [0, 0.1) is 11.2 Å². The first-order valence-corrected chi connectivity index (χ1v) is 6.37. The topological polar surface area (TPSA) is 59.1 Å². The predicted octanol–water partition coefficient (Wildman–Crippen LogP) is 3.45. The van der Waals surface area contributed by atoms with Crippen LogP contribution in [0.2, 0.25) is 0 Å². The van der Waals surface area contributed by atoms with Crippen LogP contribution in [0.3, 0.4) is 0 Å². The molecule has 5 heteroatoms. The summed E-state index contributed by atoms with van der Waals surface area (Å²) in [5.74, 6) is 0.0951.